The zero-order valence-corrected chi connectivity index (χ0v) is 8.83. The fourth-order valence-electron chi connectivity index (χ4n) is 2.11. The van der Waals surface area contributed by atoms with Crippen LogP contribution in [0.5, 0.6) is 0 Å². The molecule has 14 heavy (non-hydrogen) atoms. The Morgan fingerprint density at radius 3 is 2.79 bits per heavy atom. The number of epoxide rings is 1. The molecule has 0 aliphatic carbocycles. The van der Waals surface area contributed by atoms with Crippen LogP contribution in [0.1, 0.15) is 26.7 Å². The molecular weight excluding hydrogens is 184 g/mol. The first kappa shape index (κ1) is 9.93. The van der Waals surface area contributed by atoms with Gasteiger partial charge in [0.25, 0.3) is 0 Å². The summed E-state index contributed by atoms with van der Waals surface area (Å²) in [6.45, 7) is 4.31. The van der Waals surface area contributed by atoms with Gasteiger partial charge in [-0.3, -0.25) is 0 Å². The number of hydrogen-bond acceptors (Lipinski definition) is 4. The zero-order chi connectivity index (χ0) is 10.4. The third-order valence-corrected chi connectivity index (χ3v) is 3.36. The van der Waals surface area contributed by atoms with Crippen LogP contribution in [0.25, 0.3) is 0 Å². The monoisotopic (exact) mass is 200 g/mol. The van der Waals surface area contributed by atoms with E-state index in [1.54, 1.807) is 6.92 Å². The van der Waals surface area contributed by atoms with Crippen molar-refractivity contribution in [1.29, 1.82) is 0 Å². The van der Waals surface area contributed by atoms with Crippen LogP contribution in [0.4, 0.5) is 0 Å². The van der Waals surface area contributed by atoms with Gasteiger partial charge >= 0.3 is 5.97 Å². The summed E-state index contributed by atoms with van der Waals surface area (Å²) in [4.78, 5) is 11.4. The van der Waals surface area contributed by atoms with Gasteiger partial charge in [0.1, 0.15) is 5.60 Å². The average molecular weight is 200 g/mol. The summed E-state index contributed by atoms with van der Waals surface area (Å²) >= 11 is 0. The topological polar surface area (TPSA) is 48.1 Å². The molecule has 80 valence electrons. The Morgan fingerprint density at radius 1 is 1.57 bits per heavy atom. The summed E-state index contributed by atoms with van der Waals surface area (Å²) < 4.78 is 15.8. The quantitative estimate of drug-likeness (QED) is 0.466. The van der Waals surface area contributed by atoms with Gasteiger partial charge < -0.3 is 14.2 Å². The summed E-state index contributed by atoms with van der Waals surface area (Å²) in [5.41, 5.74) is -1.19. The molecule has 3 unspecified atom stereocenters. The molecule has 0 aromatic heterocycles. The molecule has 2 aliphatic heterocycles. The molecule has 2 heterocycles. The molecule has 4 nitrogen and oxygen atoms in total. The second-order valence-electron chi connectivity index (χ2n) is 4.28. The molecular formula is C10H16O4. The van der Waals surface area contributed by atoms with Gasteiger partial charge in [-0.2, -0.15) is 0 Å². The lowest BCUT2D eigenvalue weighted by Gasteiger charge is -2.25. The third kappa shape index (κ3) is 1.17. The summed E-state index contributed by atoms with van der Waals surface area (Å²) in [6.07, 6.45) is 2.08. The Balaban J connectivity index is 2.05. The lowest BCUT2D eigenvalue weighted by molar-refractivity contribution is -0.146. The number of methoxy groups -OCH3 is 1. The van der Waals surface area contributed by atoms with Crippen LogP contribution in [-0.2, 0) is 19.0 Å². The number of esters is 1. The summed E-state index contributed by atoms with van der Waals surface area (Å²) in [5.74, 6) is -0.296. The highest BCUT2D eigenvalue weighted by atomic mass is 16.7. The summed E-state index contributed by atoms with van der Waals surface area (Å²) in [7, 11) is 1.38. The lowest BCUT2D eigenvalue weighted by Crippen LogP contribution is -2.40. The van der Waals surface area contributed by atoms with Crippen molar-refractivity contribution < 1.29 is 19.0 Å². The van der Waals surface area contributed by atoms with E-state index < -0.39 is 11.2 Å². The van der Waals surface area contributed by atoms with E-state index in [4.69, 9.17) is 14.2 Å². The van der Waals surface area contributed by atoms with Crippen LogP contribution in [-0.4, -0.2) is 37.0 Å². The van der Waals surface area contributed by atoms with Crippen molar-refractivity contribution in [3.63, 3.8) is 0 Å². The van der Waals surface area contributed by atoms with E-state index in [1.165, 1.54) is 7.11 Å². The molecule has 0 N–H and O–H groups in total. The zero-order valence-electron chi connectivity index (χ0n) is 8.83. The van der Waals surface area contributed by atoms with Gasteiger partial charge in [0.05, 0.1) is 19.8 Å². The minimum absolute atomic E-state index is 0.270. The number of carbonyl (C=O) groups excluding carboxylic acids is 1. The molecule has 0 radical (unpaired) electrons. The van der Waals surface area contributed by atoms with E-state index in [0.717, 1.165) is 12.8 Å². The van der Waals surface area contributed by atoms with Crippen LogP contribution >= 0.6 is 0 Å². The van der Waals surface area contributed by atoms with E-state index in [2.05, 4.69) is 0 Å². The molecule has 0 saturated carbocycles. The predicted molar refractivity (Wildman–Crippen MR) is 48.9 cm³/mol. The van der Waals surface area contributed by atoms with Gasteiger partial charge in [-0.15, -0.1) is 0 Å². The van der Waals surface area contributed by atoms with Crippen LogP contribution in [0.2, 0.25) is 0 Å². The van der Waals surface area contributed by atoms with Crippen molar-refractivity contribution in [1.82, 2.24) is 0 Å². The van der Waals surface area contributed by atoms with Crippen molar-refractivity contribution in [2.75, 3.05) is 13.7 Å². The van der Waals surface area contributed by atoms with Gasteiger partial charge in [-0.05, 0) is 26.7 Å². The van der Waals surface area contributed by atoms with Crippen molar-refractivity contribution in [2.45, 2.75) is 44.0 Å². The first-order valence-corrected chi connectivity index (χ1v) is 4.94. The minimum atomic E-state index is -0.776. The minimum Gasteiger partial charge on any atom is -0.467 e. The largest absolute Gasteiger partial charge is 0.467 e. The standard InChI is InChI=1S/C10H16O4/c1-7-4-5-10(6-13-7)9(2,14-10)8(11)12-3/h7H,4-6H2,1-3H3. The molecule has 0 amide bonds. The maximum atomic E-state index is 11.4. The SMILES string of the molecule is COC(=O)C1(C)OC12CCC(C)OC2. The van der Waals surface area contributed by atoms with Gasteiger partial charge in [0.2, 0.25) is 0 Å². The van der Waals surface area contributed by atoms with Gasteiger partial charge in [0, 0.05) is 0 Å². The number of hydrogen-bond donors (Lipinski definition) is 0. The van der Waals surface area contributed by atoms with E-state index in [1.807, 2.05) is 6.92 Å². The summed E-state index contributed by atoms with van der Waals surface area (Å²) in [6, 6.07) is 0. The second-order valence-corrected chi connectivity index (χ2v) is 4.28. The van der Waals surface area contributed by atoms with Gasteiger partial charge in [0.15, 0.2) is 5.60 Å². The Morgan fingerprint density at radius 2 is 2.29 bits per heavy atom. The molecule has 4 heteroatoms. The highest BCUT2D eigenvalue weighted by molar-refractivity contribution is 5.84. The molecule has 0 aromatic carbocycles. The Kier molecular flexibility index (Phi) is 2.08. The van der Waals surface area contributed by atoms with Crippen LogP contribution in [0, 0.1) is 0 Å². The third-order valence-electron chi connectivity index (χ3n) is 3.36. The molecule has 0 aromatic rings. The Hall–Kier alpha value is -0.610. The normalized spacial score (nSPS) is 46.4. The van der Waals surface area contributed by atoms with Gasteiger partial charge in [-0.1, -0.05) is 0 Å². The van der Waals surface area contributed by atoms with E-state index in [-0.39, 0.29) is 12.1 Å². The number of rotatable bonds is 1. The lowest BCUT2D eigenvalue weighted by atomic mass is 9.88. The fourth-order valence-corrected chi connectivity index (χ4v) is 2.11. The first-order valence-electron chi connectivity index (χ1n) is 4.94. The first-order chi connectivity index (χ1) is 6.54. The fraction of sp³-hybridized carbons (Fsp3) is 0.900. The molecule has 3 atom stereocenters. The number of ether oxygens (including phenoxy) is 3. The predicted octanol–water partition coefficient (Wildman–Crippen LogP) is 0.886. The number of carbonyl (C=O) groups is 1. The molecule has 2 rings (SSSR count). The molecule has 2 fully saturated rings. The van der Waals surface area contributed by atoms with Crippen molar-refractivity contribution in [3.05, 3.63) is 0 Å². The molecule has 2 aliphatic rings. The summed E-state index contributed by atoms with van der Waals surface area (Å²) in [5, 5.41) is 0. The van der Waals surface area contributed by atoms with Crippen molar-refractivity contribution >= 4 is 5.97 Å². The Bertz CT molecular complexity index is 255. The highest BCUT2D eigenvalue weighted by Crippen LogP contribution is 2.53. The Labute approximate surface area is 83.5 Å². The van der Waals surface area contributed by atoms with E-state index >= 15 is 0 Å². The maximum Gasteiger partial charge on any atom is 0.341 e. The van der Waals surface area contributed by atoms with E-state index in [9.17, 15) is 4.79 Å². The molecule has 2 saturated heterocycles. The van der Waals surface area contributed by atoms with E-state index in [0.29, 0.717) is 6.61 Å². The van der Waals surface area contributed by atoms with Gasteiger partial charge in [-0.25, -0.2) is 4.79 Å². The average Bonchev–Trinajstić information content (AvgIpc) is 2.77. The molecule has 1 spiro atoms. The van der Waals surface area contributed by atoms with Crippen molar-refractivity contribution in [2.24, 2.45) is 0 Å². The molecule has 0 bridgehead atoms. The van der Waals surface area contributed by atoms with Crippen LogP contribution in [0.3, 0.4) is 0 Å². The second kappa shape index (κ2) is 2.94. The van der Waals surface area contributed by atoms with Crippen molar-refractivity contribution in [3.8, 4) is 0 Å². The smallest absolute Gasteiger partial charge is 0.341 e. The highest BCUT2D eigenvalue weighted by Gasteiger charge is 2.73. The van der Waals surface area contributed by atoms with Crippen LogP contribution < -0.4 is 0 Å². The maximum absolute atomic E-state index is 11.4. The van der Waals surface area contributed by atoms with Crippen LogP contribution in [0.15, 0.2) is 0 Å².